The maximum Gasteiger partial charge on any atom is 0.128 e. The Bertz CT molecular complexity index is 223. The Balaban J connectivity index is 2.83. The molecule has 3 N–H and O–H groups in total. The van der Waals surface area contributed by atoms with Crippen LogP contribution in [0, 0.1) is 0 Å². The Morgan fingerprint density at radius 1 is 1.36 bits per heavy atom. The molecule has 0 radical (unpaired) electrons. The lowest BCUT2D eigenvalue weighted by Crippen LogP contribution is -2.47. The number of para-hydroxylation sites is 1. The molecule has 0 saturated carbocycles. The van der Waals surface area contributed by atoms with Crippen molar-refractivity contribution in [2.75, 3.05) is 6.61 Å². The van der Waals surface area contributed by atoms with Crippen molar-refractivity contribution in [2.24, 2.45) is 0 Å². The fourth-order valence-electron chi connectivity index (χ4n) is 1.01. The molecule has 0 heterocycles. The van der Waals surface area contributed by atoms with Gasteiger partial charge in [0, 0.05) is 5.56 Å². The van der Waals surface area contributed by atoms with Gasteiger partial charge < -0.3 is 10.5 Å². The van der Waals surface area contributed by atoms with E-state index in [9.17, 15) is 0 Å². The molecule has 0 amide bonds. The Hall–Kier alpha value is -1.02. The van der Waals surface area contributed by atoms with Crippen molar-refractivity contribution in [1.82, 2.24) is 0 Å². The zero-order valence-corrected chi connectivity index (χ0v) is 6.84. The number of hydrogen-bond acceptors (Lipinski definition) is 1. The van der Waals surface area contributed by atoms with E-state index in [1.54, 1.807) is 0 Å². The van der Waals surface area contributed by atoms with Crippen LogP contribution in [0.1, 0.15) is 12.5 Å². The van der Waals surface area contributed by atoms with E-state index in [2.05, 4.69) is 5.73 Å². The van der Waals surface area contributed by atoms with E-state index in [-0.39, 0.29) is 0 Å². The first-order valence-corrected chi connectivity index (χ1v) is 3.88. The van der Waals surface area contributed by atoms with Crippen LogP contribution in [-0.2, 0) is 6.54 Å². The second kappa shape index (κ2) is 3.98. The van der Waals surface area contributed by atoms with Gasteiger partial charge in [0.1, 0.15) is 12.3 Å². The smallest absolute Gasteiger partial charge is 0.128 e. The number of ether oxygens (including phenoxy) is 1. The highest BCUT2D eigenvalue weighted by Crippen LogP contribution is 2.15. The fourth-order valence-corrected chi connectivity index (χ4v) is 1.01. The lowest BCUT2D eigenvalue weighted by molar-refractivity contribution is -0.386. The Kier molecular flexibility index (Phi) is 2.93. The molecule has 60 valence electrons. The summed E-state index contributed by atoms with van der Waals surface area (Å²) in [6.07, 6.45) is 0. The minimum absolute atomic E-state index is 0.719. The van der Waals surface area contributed by atoms with E-state index in [4.69, 9.17) is 4.74 Å². The van der Waals surface area contributed by atoms with Crippen LogP contribution in [0.15, 0.2) is 24.3 Å². The predicted octanol–water partition coefficient (Wildman–Crippen LogP) is 0.827. The van der Waals surface area contributed by atoms with Crippen molar-refractivity contribution in [3.63, 3.8) is 0 Å². The van der Waals surface area contributed by atoms with Crippen molar-refractivity contribution >= 4 is 0 Å². The molecule has 1 aromatic rings. The molecule has 0 unspecified atom stereocenters. The van der Waals surface area contributed by atoms with Crippen molar-refractivity contribution in [3.05, 3.63) is 29.8 Å². The van der Waals surface area contributed by atoms with Crippen LogP contribution in [0.25, 0.3) is 0 Å². The van der Waals surface area contributed by atoms with Gasteiger partial charge in [-0.2, -0.15) is 0 Å². The van der Waals surface area contributed by atoms with Gasteiger partial charge in [-0.25, -0.2) is 0 Å². The third-order valence-corrected chi connectivity index (χ3v) is 1.54. The molecule has 0 aliphatic heterocycles. The van der Waals surface area contributed by atoms with Crippen LogP contribution in [-0.4, -0.2) is 6.61 Å². The Morgan fingerprint density at radius 2 is 2.09 bits per heavy atom. The summed E-state index contributed by atoms with van der Waals surface area (Å²) < 4.78 is 5.39. The average Bonchev–Trinajstić information content (AvgIpc) is 2.06. The van der Waals surface area contributed by atoms with Gasteiger partial charge in [0.15, 0.2) is 0 Å². The third kappa shape index (κ3) is 1.95. The van der Waals surface area contributed by atoms with Gasteiger partial charge in [-0.1, -0.05) is 12.1 Å². The van der Waals surface area contributed by atoms with Gasteiger partial charge in [-0.05, 0) is 19.1 Å². The molecule has 0 aromatic heterocycles. The normalized spacial score (nSPS) is 9.64. The summed E-state index contributed by atoms with van der Waals surface area (Å²) in [5.74, 6) is 0.963. The van der Waals surface area contributed by atoms with Crippen LogP contribution in [0.4, 0.5) is 0 Å². The number of hydrogen-bond donors (Lipinski definition) is 1. The lowest BCUT2D eigenvalue weighted by atomic mass is 10.2. The first kappa shape index (κ1) is 8.08. The van der Waals surface area contributed by atoms with Crippen molar-refractivity contribution < 1.29 is 10.5 Å². The van der Waals surface area contributed by atoms with Gasteiger partial charge in [-0.3, -0.25) is 0 Å². The molecule has 0 bridgehead atoms. The van der Waals surface area contributed by atoms with Crippen LogP contribution in [0.2, 0.25) is 0 Å². The van der Waals surface area contributed by atoms with E-state index in [0.717, 1.165) is 18.9 Å². The van der Waals surface area contributed by atoms with Crippen molar-refractivity contribution in [3.8, 4) is 5.75 Å². The maximum absolute atomic E-state index is 5.39. The van der Waals surface area contributed by atoms with Gasteiger partial charge in [-0.15, -0.1) is 0 Å². The quantitative estimate of drug-likeness (QED) is 0.684. The summed E-state index contributed by atoms with van der Waals surface area (Å²) in [6, 6.07) is 8.00. The van der Waals surface area contributed by atoms with Crippen LogP contribution in [0.5, 0.6) is 5.75 Å². The molecule has 0 atom stereocenters. The molecule has 0 spiro atoms. The summed E-state index contributed by atoms with van der Waals surface area (Å²) >= 11 is 0. The van der Waals surface area contributed by atoms with Crippen molar-refractivity contribution in [2.45, 2.75) is 13.5 Å². The minimum atomic E-state index is 0.719. The maximum atomic E-state index is 5.39. The van der Waals surface area contributed by atoms with Crippen molar-refractivity contribution in [1.29, 1.82) is 0 Å². The third-order valence-electron chi connectivity index (χ3n) is 1.54. The summed E-state index contributed by atoms with van der Waals surface area (Å²) in [5.41, 5.74) is 4.99. The molecule has 2 heteroatoms. The topological polar surface area (TPSA) is 36.9 Å². The van der Waals surface area contributed by atoms with E-state index in [1.165, 1.54) is 5.56 Å². The second-order valence-electron chi connectivity index (χ2n) is 2.29. The number of benzene rings is 1. The van der Waals surface area contributed by atoms with E-state index in [1.807, 2.05) is 31.2 Å². The number of quaternary nitrogens is 1. The lowest BCUT2D eigenvalue weighted by Gasteiger charge is -2.05. The first-order chi connectivity index (χ1) is 5.38. The molecule has 0 aliphatic rings. The standard InChI is InChI=1S/C9H13NO/c1-2-11-9-6-4-3-5-8(9)7-10/h3-6H,2,7,10H2,1H3/p+1. The summed E-state index contributed by atoms with van der Waals surface area (Å²) in [7, 11) is 0. The molecule has 0 aliphatic carbocycles. The fraction of sp³-hybridized carbons (Fsp3) is 0.333. The average molecular weight is 152 g/mol. The van der Waals surface area contributed by atoms with Crippen LogP contribution < -0.4 is 10.5 Å². The highest BCUT2D eigenvalue weighted by atomic mass is 16.5. The molecular weight excluding hydrogens is 138 g/mol. The highest BCUT2D eigenvalue weighted by Gasteiger charge is 1.99. The van der Waals surface area contributed by atoms with Crippen LogP contribution >= 0.6 is 0 Å². The van der Waals surface area contributed by atoms with Crippen LogP contribution in [0.3, 0.4) is 0 Å². The highest BCUT2D eigenvalue weighted by molar-refractivity contribution is 5.32. The largest absolute Gasteiger partial charge is 0.493 e. The Labute approximate surface area is 67.0 Å². The summed E-state index contributed by atoms with van der Waals surface area (Å²) in [6.45, 7) is 3.49. The van der Waals surface area contributed by atoms with Gasteiger partial charge in [0.25, 0.3) is 0 Å². The minimum Gasteiger partial charge on any atom is -0.493 e. The number of rotatable bonds is 3. The first-order valence-electron chi connectivity index (χ1n) is 3.88. The zero-order chi connectivity index (χ0) is 8.10. The molecule has 11 heavy (non-hydrogen) atoms. The van der Waals surface area contributed by atoms with Gasteiger partial charge in [0.2, 0.25) is 0 Å². The molecular formula is C9H14NO+. The zero-order valence-electron chi connectivity index (χ0n) is 6.84. The molecule has 1 aromatic carbocycles. The molecule has 0 fully saturated rings. The summed E-state index contributed by atoms with van der Waals surface area (Å²) in [5, 5.41) is 0. The monoisotopic (exact) mass is 152 g/mol. The second-order valence-corrected chi connectivity index (χ2v) is 2.29. The SMILES string of the molecule is CCOc1ccccc1C[NH3+]. The summed E-state index contributed by atoms with van der Waals surface area (Å²) in [4.78, 5) is 0. The predicted molar refractivity (Wildman–Crippen MR) is 44.2 cm³/mol. The molecule has 0 saturated heterocycles. The van der Waals surface area contributed by atoms with E-state index < -0.39 is 0 Å². The van der Waals surface area contributed by atoms with E-state index >= 15 is 0 Å². The van der Waals surface area contributed by atoms with Gasteiger partial charge >= 0.3 is 0 Å². The van der Waals surface area contributed by atoms with E-state index in [0.29, 0.717) is 0 Å². The Morgan fingerprint density at radius 3 is 2.73 bits per heavy atom. The molecule has 2 nitrogen and oxygen atoms in total. The van der Waals surface area contributed by atoms with Gasteiger partial charge in [0.05, 0.1) is 6.61 Å². The molecule has 1 rings (SSSR count).